The lowest BCUT2D eigenvalue weighted by Crippen LogP contribution is -2.43. The molecule has 2 aromatic rings. The number of carboxylic acids is 1. The number of benzene rings is 1. The Labute approximate surface area is 118 Å². The van der Waals surface area contributed by atoms with Crippen LogP contribution in [0, 0.1) is 0 Å². The number of hydrogen-bond donors (Lipinski definition) is 2. The summed E-state index contributed by atoms with van der Waals surface area (Å²) in [7, 11) is 0. The molecule has 1 heterocycles. The van der Waals surface area contributed by atoms with Crippen LogP contribution in [0.3, 0.4) is 0 Å². The summed E-state index contributed by atoms with van der Waals surface area (Å²) in [4.78, 5) is 23.2. The van der Waals surface area contributed by atoms with Gasteiger partial charge in [-0.3, -0.25) is 4.79 Å². The van der Waals surface area contributed by atoms with Crippen molar-refractivity contribution in [2.75, 3.05) is 6.67 Å². The van der Waals surface area contributed by atoms with Crippen molar-refractivity contribution in [3.05, 3.63) is 30.3 Å². The summed E-state index contributed by atoms with van der Waals surface area (Å²) in [6.07, 6.45) is 0. The van der Waals surface area contributed by atoms with E-state index >= 15 is 0 Å². The average molecular weight is 293 g/mol. The SMILES string of the molecule is O=C(Cn1nnc(-c2ccccc2)n1)NC(CF)C(=O)O. The molecule has 0 bridgehead atoms. The van der Waals surface area contributed by atoms with Crippen molar-refractivity contribution in [3.8, 4) is 11.4 Å². The normalized spacial score (nSPS) is 11.9. The van der Waals surface area contributed by atoms with Crippen molar-refractivity contribution in [2.24, 2.45) is 0 Å². The van der Waals surface area contributed by atoms with Gasteiger partial charge >= 0.3 is 5.97 Å². The molecule has 1 unspecified atom stereocenters. The van der Waals surface area contributed by atoms with Crippen LogP contribution >= 0.6 is 0 Å². The fraction of sp³-hybridized carbons (Fsp3) is 0.250. The summed E-state index contributed by atoms with van der Waals surface area (Å²) < 4.78 is 12.4. The number of alkyl halides is 1. The third-order valence-corrected chi connectivity index (χ3v) is 2.56. The van der Waals surface area contributed by atoms with Crippen molar-refractivity contribution in [1.82, 2.24) is 25.5 Å². The smallest absolute Gasteiger partial charge is 0.328 e. The van der Waals surface area contributed by atoms with E-state index in [4.69, 9.17) is 5.11 Å². The van der Waals surface area contributed by atoms with E-state index in [1.54, 1.807) is 24.3 Å². The number of aliphatic carboxylic acids is 1. The number of rotatable bonds is 6. The van der Waals surface area contributed by atoms with Crippen molar-refractivity contribution in [1.29, 1.82) is 0 Å². The molecule has 0 saturated heterocycles. The Morgan fingerprint density at radius 1 is 1.33 bits per heavy atom. The number of carbonyl (C=O) groups is 2. The topological polar surface area (TPSA) is 110 Å². The van der Waals surface area contributed by atoms with Crippen molar-refractivity contribution in [2.45, 2.75) is 12.6 Å². The number of carboxylic acid groups (broad SMARTS) is 1. The van der Waals surface area contributed by atoms with Gasteiger partial charge in [0.25, 0.3) is 0 Å². The van der Waals surface area contributed by atoms with Gasteiger partial charge in [0.05, 0.1) is 0 Å². The fourth-order valence-electron chi connectivity index (χ4n) is 1.55. The van der Waals surface area contributed by atoms with Crippen molar-refractivity contribution < 1.29 is 19.1 Å². The predicted octanol–water partition coefficient (Wildman–Crippen LogP) is -0.121. The maximum Gasteiger partial charge on any atom is 0.328 e. The van der Waals surface area contributed by atoms with Gasteiger partial charge in [-0.25, -0.2) is 9.18 Å². The first kappa shape index (κ1) is 14.6. The molecule has 0 aliphatic carbocycles. The standard InChI is InChI=1S/C12H12FN5O3/c13-6-9(12(20)21)14-10(19)7-18-16-11(15-17-18)8-4-2-1-3-5-8/h1-5,9H,6-7H2,(H,14,19)(H,20,21). The quantitative estimate of drug-likeness (QED) is 0.768. The molecule has 1 amide bonds. The first-order valence-corrected chi connectivity index (χ1v) is 6.01. The first-order chi connectivity index (χ1) is 10.1. The van der Waals surface area contributed by atoms with Gasteiger partial charge in [-0.1, -0.05) is 30.3 Å². The van der Waals surface area contributed by atoms with Crippen LogP contribution in [0.4, 0.5) is 4.39 Å². The molecule has 8 nitrogen and oxygen atoms in total. The number of halogens is 1. The number of nitrogens with one attached hydrogen (secondary N) is 1. The van der Waals surface area contributed by atoms with Crippen molar-refractivity contribution in [3.63, 3.8) is 0 Å². The zero-order valence-corrected chi connectivity index (χ0v) is 10.8. The highest BCUT2D eigenvalue weighted by molar-refractivity contribution is 5.83. The van der Waals surface area contributed by atoms with Crippen LogP contribution < -0.4 is 5.32 Å². The molecule has 1 aromatic carbocycles. The van der Waals surface area contributed by atoms with Crippen LogP contribution in [-0.4, -0.2) is 49.9 Å². The number of aromatic nitrogens is 4. The summed E-state index contributed by atoms with van der Waals surface area (Å²) in [5, 5.41) is 22.1. The second kappa shape index (κ2) is 6.55. The van der Waals surface area contributed by atoms with E-state index < -0.39 is 24.6 Å². The highest BCUT2D eigenvalue weighted by atomic mass is 19.1. The molecule has 0 aliphatic rings. The van der Waals surface area contributed by atoms with E-state index in [1.807, 2.05) is 11.4 Å². The van der Waals surface area contributed by atoms with Crippen LogP contribution in [0.1, 0.15) is 0 Å². The predicted molar refractivity (Wildman–Crippen MR) is 68.8 cm³/mol. The molecule has 1 aromatic heterocycles. The van der Waals surface area contributed by atoms with E-state index in [2.05, 4.69) is 15.4 Å². The Morgan fingerprint density at radius 2 is 2.05 bits per heavy atom. The first-order valence-electron chi connectivity index (χ1n) is 6.01. The molecule has 2 rings (SSSR count). The van der Waals surface area contributed by atoms with Gasteiger partial charge in [0.1, 0.15) is 13.2 Å². The largest absolute Gasteiger partial charge is 0.480 e. The molecular weight excluding hydrogens is 281 g/mol. The van der Waals surface area contributed by atoms with E-state index in [0.29, 0.717) is 5.82 Å². The van der Waals surface area contributed by atoms with Gasteiger partial charge in [0, 0.05) is 5.56 Å². The fourth-order valence-corrected chi connectivity index (χ4v) is 1.55. The molecule has 0 radical (unpaired) electrons. The molecule has 9 heteroatoms. The zero-order chi connectivity index (χ0) is 15.2. The molecule has 0 fully saturated rings. The third kappa shape index (κ3) is 3.81. The van der Waals surface area contributed by atoms with E-state index in [9.17, 15) is 14.0 Å². The molecule has 2 N–H and O–H groups in total. The number of nitrogens with zero attached hydrogens (tertiary/aromatic N) is 4. The minimum absolute atomic E-state index is 0.337. The lowest BCUT2D eigenvalue weighted by molar-refractivity contribution is -0.142. The summed E-state index contributed by atoms with van der Waals surface area (Å²) in [5.74, 6) is -1.82. The highest BCUT2D eigenvalue weighted by Crippen LogP contribution is 2.11. The minimum atomic E-state index is -1.57. The molecule has 1 atom stereocenters. The summed E-state index contributed by atoms with van der Waals surface area (Å²) in [5.41, 5.74) is 0.733. The second-order valence-corrected chi connectivity index (χ2v) is 4.12. The summed E-state index contributed by atoms with van der Waals surface area (Å²) in [6.45, 7) is -1.54. The average Bonchev–Trinajstić information content (AvgIpc) is 2.93. The van der Waals surface area contributed by atoms with Gasteiger partial charge in [-0.2, -0.15) is 4.80 Å². The van der Waals surface area contributed by atoms with Crippen LogP contribution in [-0.2, 0) is 16.1 Å². The number of carbonyl (C=O) groups excluding carboxylic acids is 1. The van der Waals surface area contributed by atoms with Gasteiger partial charge in [0.2, 0.25) is 11.7 Å². The molecule has 0 saturated carbocycles. The van der Waals surface area contributed by atoms with Gasteiger partial charge in [0.15, 0.2) is 6.04 Å². The molecule has 110 valence electrons. The van der Waals surface area contributed by atoms with E-state index in [-0.39, 0.29) is 6.54 Å². The van der Waals surface area contributed by atoms with Crippen LogP contribution in [0.25, 0.3) is 11.4 Å². The lowest BCUT2D eigenvalue weighted by atomic mass is 10.2. The molecule has 21 heavy (non-hydrogen) atoms. The molecule has 0 aliphatic heterocycles. The Morgan fingerprint density at radius 3 is 2.67 bits per heavy atom. The maximum absolute atomic E-state index is 12.4. The van der Waals surface area contributed by atoms with Gasteiger partial charge in [-0.15, -0.1) is 10.2 Å². The number of hydrogen-bond acceptors (Lipinski definition) is 5. The number of tetrazole rings is 1. The highest BCUT2D eigenvalue weighted by Gasteiger charge is 2.20. The van der Waals surface area contributed by atoms with Gasteiger partial charge in [-0.05, 0) is 5.21 Å². The lowest BCUT2D eigenvalue weighted by Gasteiger charge is -2.09. The Kier molecular flexibility index (Phi) is 4.54. The Bertz CT molecular complexity index is 631. The van der Waals surface area contributed by atoms with Crippen LogP contribution in [0.2, 0.25) is 0 Å². The number of amides is 1. The minimum Gasteiger partial charge on any atom is -0.480 e. The summed E-state index contributed by atoms with van der Waals surface area (Å²) in [6, 6.07) is 7.44. The van der Waals surface area contributed by atoms with Crippen molar-refractivity contribution >= 4 is 11.9 Å². The maximum atomic E-state index is 12.4. The van der Waals surface area contributed by atoms with Gasteiger partial charge < -0.3 is 10.4 Å². The monoisotopic (exact) mass is 293 g/mol. The van der Waals surface area contributed by atoms with Crippen LogP contribution in [0.5, 0.6) is 0 Å². The summed E-state index contributed by atoms with van der Waals surface area (Å²) >= 11 is 0. The zero-order valence-electron chi connectivity index (χ0n) is 10.8. The molecule has 0 spiro atoms. The third-order valence-electron chi connectivity index (χ3n) is 2.56. The molecular formula is C12H12FN5O3. The Balaban J connectivity index is 1.99. The Hall–Kier alpha value is -2.84. The van der Waals surface area contributed by atoms with E-state index in [0.717, 1.165) is 10.4 Å². The van der Waals surface area contributed by atoms with Crippen LogP contribution in [0.15, 0.2) is 30.3 Å². The van der Waals surface area contributed by atoms with E-state index in [1.165, 1.54) is 0 Å². The second-order valence-electron chi connectivity index (χ2n) is 4.12.